The molecule has 122 valence electrons. The van der Waals surface area contributed by atoms with E-state index in [0.29, 0.717) is 22.3 Å². The molecule has 2 saturated heterocycles. The van der Waals surface area contributed by atoms with Crippen LogP contribution in [0.5, 0.6) is 5.75 Å². The minimum atomic E-state index is -0.729. The zero-order chi connectivity index (χ0) is 16.1. The van der Waals surface area contributed by atoms with Gasteiger partial charge in [0.25, 0.3) is 5.56 Å². The highest BCUT2D eigenvalue weighted by Crippen LogP contribution is 2.36. The molecule has 7 heteroatoms. The number of rotatable bonds is 2. The fraction of sp³-hybridized carbons (Fsp3) is 0.500. The van der Waals surface area contributed by atoms with Gasteiger partial charge in [0, 0.05) is 24.9 Å². The van der Waals surface area contributed by atoms with Crippen LogP contribution in [0.4, 0.5) is 0 Å². The normalized spacial score (nSPS) is 27.4. The Balaban J connectivity index is 1.59. The molecule has 0 saturated carbocycles. The second-order valence-corrected chi connectivity index (χ2v) is 7.31. The Morgan fingerprint density at radius 3 is 2.78 bits per heavy atom. The number of hydrogen-bond acceptors (Lipinski definition) is 6. The zero-order valence-corrected chi connectivity index (χ0v) is 13.6. The highest BCUT2D eigenvalue weighted by atomic mass is 32.1. The van der Waals surface area contributed by atoms with Crippen molar-refractivity contribution in [3.8, 4) is 5.75 Å². The standard InChI is InChI=1S/C16H18N2O4S/c1-18-8-2-3-9(18)7-10(6-8)22-16(21)12-13(19)14-11(4-5-23-14)17-15(12)20/h4-5,8-10H,2-3,6-7H2,1H3,(H2,17,19,20)/t8-,9+,10+. The minimum absolute atomic E-state index is 0.186. The molecule has 2 N–H and O–H groups in total. The number of esters is 1. The average Bonchev–Trinajstić information content (AvgIpc) is 3.02. The van der Waals surface area contributed by atoms with Gasteiger partial charge in [-0.05, 0) is 31.3 Å². The Hall–Kier alpha value is -1.86. The Morgan fingerprint density at radius 1 is 1.39 bits per heavy atom. The number of ether oxygens (including phenoxy) is 1. The predicted molar refractivity (Wildman–Crippen MR) is 87.1 cm³/mol. The molecular weight excluding hydrogens is 316 g/mol. The van der Waals surface area contributed by atoms with E-state index in [1.54, 1.807) is 11.4 Å². The molecule has 2 aliphatic rings. The maximum Gasteiger partial charge on any atom is 0.347 e. The summed E-state index contributed by atoms with van der Waals surface area (Å²) in [5.74, 6) is -1.01. The molecule has 6 nitrogen and oxygen atoms in total. The van der Waals surface area contributed by atoms with Crippen molar-refractivity contribution in [1.29, 1.82) is 0 Å². The second kappa shape index (κ2) is 5.35. The molecule has 2 aromatic heterocycles. The number of aromatic hydroxyl groups is 1. The smallest absolute Gasteiger partial charge is 0.347 e. The lowest BCUT2D eigenvalue weighted by Crippen LogP contribution is -2.43. The van der Waals surface area contributed by atoms with Crippen molar-refractivity contribution in [2.24, 2.45) is 0 Å². The van der Waals surface area contributed by atoms with Crippen molar-refractivity contribution in [2.45, 2.75) is 43.9 Å². The number of carbonyl (C=O) groups is 1. The first-order valence-corrected chi connectivity index (χ1v) is 8.68. The third-order valence-corrected chi connectivity index (χ3v) is 6.05. The van der Waals surface area contributed by atoms with Crippen LogP contribution in [0, 0.1) is 0 Å². The SMILES string of the molecule is CN1[C@@H]2CC[C@H]1C[C@@H](OC(=O)c1c(O)c3sccc3[nH]c1=O)C2. The van der Waals surface area contributed by atoms with Gasteiger partial charge < -0.3 is 19.7 Å². The van der Waals surface area contributed by atoms with Gasteiger partial charge in [-0.3, -0.25) is 4.79 Å². The number of aromatic amines is 1. The van der Waals surface area contributed by atoms with Crippen molar-refractivity contribution in [1.82, 2.24) is 9.88 Å². The number of pyridine rings is 1. The summed E-state index contributed by atoms with van der Waals surface area (Å²) in [6.45, 7) is 0. The van der Waals surface area contributed by atoms with E-state index < -0.39 is 11.5 Å². The Kier molecular flexibility index (Phi) is 3.42. The second-order valence-electron chi connectivity index (χ2n) is 6.39. The first-order valence-electron chi connectivity index (χ1n) is 7.80. The van der Waals surface area contributed by atoms with E-state index in [9.17, 15) is 14.7 Å². The van der Waals surface area contributed by atoms with Crippen LogP contribution >= 0.6 is 11.3 Å². The molecule has 0 unspecified atom stereocenters. The summed E-state index contributed by atoms with van der Waals surface area (Å²) in [7, 11) is 2.11. The van der Waals surface area contributed by atoms with Gasteiger partial charge in [-0.2, -0.15) is 0 Å². The van der Waals surface area contributed by atoms with Crippen LogP contribution in [-0.4, -0.2) is 46.2 Å². The van der Waals surface area contributed by atoms with Gasteiger partial charge in [0.1, 0.15) is 6.10 Å². The average molecular weight is 334 g/mol. The van der Waals surface area contributed by atoms with E-state index >= 15 is 0 Å². The van der Waals surface area contributed by atoms with Gasteiger partial charge in [0.15, 0.2) is 11.3 Å². The Morgan fingerprint density at radius 2 is 2.09 bits per heavy atom. The summed E-state index contributed by atoms with van der Waals surface area (Å²) in [6, 6.07) is 2.58. The van der Waals surface area contributed by atoms with Gasteiger partial charge >= 0.3 is 5.97 Å². The Bertz CT molecular complexity index is 813. The van der Waals surface area contributed by atoms with Crippen LogP contribution in [0.1, 0.15) is 36.0 Å². The molecule has 0 amide bonds. The number of fused-ring (bicyclic) bond motifs is 3. The van der Waals surface area contributed by atoms with E-state index in [4.69, 9.17) is 4.74 Å². The molecule has 2 aliphatic heterocycles. The summed E-state index contributed by atoms with van der Waals surface area (Å²) in [5, 5.41) is 12.0. The number of carbonyl (C=O) groups excluding carboxylic acids is 1. The summed E-state index contributed by atoms with van der Waals surface area (Å²) >= 11 is 1.28. The lowest BCUT2D eigenvalue weighted by atomic mass is 10.0. The van der Waals surface area contributed by atoms with Crippen LogP contribution in [0.15, 0.2) is 16.2 Å². The lowest BCUT2D eigenvalue weighted by Gasteiger charge is -2.35. The maximum absolute atomic E-state index is 12.4. The molecule has 3 atom stereocenters. The first-order chi connectivity index (χ1) is 11.0. The maximum atomic E-state index is 12.4. The van der Waals surface area contributed by atoms with E-state index in [1.807, 2.05) is 0 Å². The van der Waals surface area contributed by atoms with E-state index in [0.717, 1.165) is 25.7 Å². The number of nitrogens with one attached hydrogen (secondary N) is 1. The van der Waals surface area contributed by atoms with Crippen molar-refractivity contribution in [3.63, 3.8) is 0 Å². The van der Waals surface area contributed by atoms with Gasteiger partial charge in [0.05, 0.1) is 10.2 Å². The fourth-order valence-electron chi connectivity index (χ4n) is 3.85. The predicted octanol–water partition coefficient (Wildman–Crippen LogP) is 2.08. The topological polar surface area (TPSA) is 82.6 Å². The summed E-state index contributed by atoms with van der Waals surface area (Å²) < 4.78 is 6.05. The van der Waals surface area contributed by atoms with Gasteiger partial charge in [-0.1, -0.05) is 0 Å². The largest absolute Gasteiger partial charge is 0.505 e. The van der Waals surface area contributed by atoms with E-state index in [1.165, 1.54) is 11.3 Å². The number of nitrogens with zero attached hydrogens (tertiary/aromatic N) is 1. The molecular formula is C16H18N2O4S. The van der Waals surface area contributed by atoms with E-state index in [-0.39, 0.29) is 17.4 Å². The molecule has 2 aromatic rings. The highest BCUT2D eigenvalue weighted by Gasteiger charge is 2.40. The van der Waals surface area contributed by atoms with Crippen LogP contribution in [0.25, 0.3) is 10.2 Å². The quantitative estimate of drug-likeness (QED) is 0.822. The molecule has 0 aromatic carbocycles. The van der Waals surface area contributed by atoms with Gasteiger partial charge in [-0.15, -0.1) is 11.3 Å². The first kappa shape index (κ1) is 14.7. The van der Waals surface area contributed by atoms with Crippen molar-refractivity contribution in [2.75, 3.05) is 7.05 Å². The number of hydrogen-bond donors (Lipinski definition) is 2. The number of H-pyrrole nitrogens is 1. The monoisotopic (exact) mass is 334 g/mol. The van der Waals surface area contributed by atoms with Gasteiger partial charge in [0.2, 0.25) is 0 Å². The molecule has 0 radical (unpaired) electrons. The number of piperidine rings is 1. The van der Waals surface area contributed by atoms with Crippen molar-refractivity contribution >= 4 is 27.5 Å². The van der Waals surface area contributed by atoms with Crippen LogP contribution in [0.2, 0.25) is 0 Å². The summed E-state index contributed by atoms with van der Waals surface area (Å²) in [4.78, 5) is 29.5. The molecule has 4 heterocycles. The molecule has 2 bridgehead atoms. The van der Waals surface area contributed by atoms with Crippen LogP contribution < -0.4 is 5.56 Å². The number of aromatic nitrogens is 1. The molecule has 0 aliphatic carbocycles. The van der Waals surface area contributed by atoms with Gasteiger partial charge in [-0.25, -0.2) is 4.79 Å². The molecule has 23 heavy (non-hydrogen) atoms. The molecule has 4 rings (SSSR count). The fourth-order valence-corrected chi connectivity index (χ4v) is 4.65. The van der Waals surface area contributed by atoms with Crippen LogP contribution in [-0.2, 0) is 4.74 Å². The third kappa shape index (κ3) is 2.35. The van der Waals surface area contributed by atoms with Crippen molar-refractivity contribution < 1.29 is 14.6 Å². The summed E-state index contributed by atoms with van der Waals surface area (Å²) in [6.07, 6.45) is 3.65. The molecule has 0 spiro atoms. The van der Waals surface area contributed by atoms with Crippen LogP contribution in [0.3, 0.4) is 0 Å². The lowest BCUT2D eigenvalue weighted by molar-refractivity contribution is -0.000802. The zero-order valence-electron chi connectivity index (χ0n) is 12.7. The Labute approximate surface area is 136 Å². The van der Waals surface area contributed by atoms with Crippen molar-refractivity contribution in [3.05, 3.63) is 27.4 Å². The third-order valence-electron chi connectivity index (χ3n) is 5.13. The molecule has 2 fully saturated rings. The number of thiophene rings is 1. The summed E-state index contributed by atoms with van der Waals surface area (Å²) in [5.41, 5.74) is -0.355. The highest BCUT2D eigenvalue weighted by molar-refractivity contribution is 7.17. The van der Waals surface area contributed by atoms with E-state index in [2.05, 4.69) is 16.9 Å². The minimum Gasteiger partial charge on any atom is -0.505 e.